The molecule has 0 bridgehead atoms. The maximum absolute atomic E-state index is 13.0. The lowest BCUT2D eigenvalue weighted by Gasteiger charge is -2.36. The Kier molecular flexibility index (Phi) is 3.88. The molecule has 5 nitrogen and oxygen atoms in total. The van der Waals surface area contributed by atoms with Crippen molar-refractivity contribution in [2.24, 2.45) is 5.73 Å². The predicted octanol–water partition coefficient (Wildman–Crippen LogP) is 0.458. The molecule has 0 atom stereocenters. The van der Waals surface area contributed by atoms with Gasteiger partial charge in [-0.15, -0.1) is 0 Å². The van der Waals surface area contributed by atoms with Crippen LogP contribution in [0.25, 0.3) is 0 Å². The van der Waals surface area contributed by atoms with E-state index in [0.717, 1.165) is 12.3 Å². The van der Waals surface area contributed by atoms with E-state index in [2.05, 4.69) is 10.3 Å². The molecule has 3 N–H and O–H groups in total. The molecule has 1 saturated heterocycles. The maximum atomic E-state index is 13.0. The Hall–Kier alpha value is -1.53. The zero-order chi connectivity index (χ0) is 13.0. The number of carbonyl (C=O) groups is 1. The summed E-state index contributed by atoms with van der Waals surface area (Å²) in [6, 6.07) is 1.16. The molecule has 1 aromatic rings. The number of nitrogens with two attached hydrogens (primary N) is 1. The quantitative estimate of drug-likeness (QED) is 0.820. The topological polar surface area (TPSA) is 77.2 Å². The van der Waals surface area contributed by atoms with Crippen molar-refractivity contribution >= 4 is 5.91 Å². The van der Waals surface area contributed by atoms with Crippen molar-refractivity contribution in [3.63, 3.8) is 0 Å². The van der Waals surface area contributed by atoms with E-state index in [1.54, 1.807) is 0 Å². The van der Waals surface area contributed by atoms with Crippen LogP contribution < -0.4 is 11.1 Å². The average Bonchev–Trinajstić information content (AvgIpc) is 2.40. The summed E-state index contributed by atoms with van der Waals surface area (Å²) in [5, 5.41) is 2.87. The molecule has 0 aliphatic carbocycles. The van der Waals surface area contributed by atoms with E-state index in [0.29, 0.717) is 32.6 Å². The zero-order valence-electron chi connectivity index (χ0n) is 9.99. The van der Waals surface area contributed by atoms with Crippen LogP contribution >= 0.6 is 0 Å². The van der Waals surface area contributed by atoms with Crippen molar-refractivity contribution in [3.8, 4) is 0 Å². The highest BCUT2D eigenvalue weighted by Gasteiger charge is 2.33. The van der Waals surface area contributed by atoms with E-state index >= 15 is 0 Å². The van der Waals surface area contributed by atoms with Gasteiger partial charge in [-0.1, -0.05) is 0 Å². The highest BCUT2D eigenvalue weighted by atomic mass is 19.1. The molecule has 18 heavy (non-hydrogen) atoms. The summed E-state index contributed by atoms with van der Waals surface area (Å²) < 4.78 is 18.2. The first-order chi connectivity index (χ1) is 8.65. The minimum absolute atomic E-state index is 0.203. The summed E-state index contributed by atoms with van der Waals surface area (Å²) in [4.78, 5) is 15.7. The standard InChI is InChI=1S/C12H16FN3O2/c13-10-5-9(6-15-7-10)11(17)16-12(8-14)1-3-18-4-2-12/h5-7H,1-4,8,14H2,(H,16,17). The zero-order valence-corrected chi connectivity index (χ0v) is 9.99. The SMILES string of the molecule is NCC1(NC(=O)c2cncc(F)c2)CCOCC1. The predicted molar refractivity (Wildman–Crippen MR) is 63.5 cm³/mol. The molecule has 0 saturated carbocycles. The number of nitrogens with one attached hydrogen (secondary N) is 1. The molecule has 0 radical (unpaired) electrons. The monoisotopic (exact) mass is 253 g/mol. The third-order valence-corrected chi connectivity index (χ3v) is 3.19. The van der Waals surface area contributed by atoms with Crippen molar-refractivity contribution in [2.75, 3.05) is 19.8 Å². The van der Waals surface area contributed by atoms with Gasteiger partial charge in [0.15, 0.2) is 0 Å². The van der Waals surface area contributed by atoms with Crippen LogP contribution in [0.4, 0.5) is 4.39 Å². The van der Waals surface area contributed by atoms with E-state index in [1.165, 1.54) is 6.20 Å². The van der Waals surface area contributed by atoms with E-state index in [1.807, 2.05) is 0 Å². The minimum atomic E-state index is -0.531. The van der Waals surface area contributed by atoms with Crippen molar-refractivity contribution in [1.82, 2.24) is 10.3 Å². The molecular weight excluding hydrogens is 237 g/mol. The molecule has 1 fully saturated rings. The molecular formula is C12H16FN3O2. The molecule has 1 aliphatic rings. The van der Waals surface area contributed by atoms with Gasteiger partial charge in [0.05, 0.1) is 17.3 Å². The van der Waals surface area contributed by atoms with Crippen molar-refractivity contribution in [1.29, 1.82) is 0 Å². The van der Waals surface area contributed by atoms with Crippen LogP contribution in [0.5, 0.6) is 0 Å². The van der Waals surface area contributed by atoms with Crippen LogP contribution in [-0.4, -0.2) is 36.2 Å². The fourth-order valence-corrected chi connectivity index (χ4v) is 1.99. The lowest BCUT2D eigenvalue weighted by atomic mass is 9.90. The van der Waals surface area contributed by atoms with Gasteiger partial charge in [-0.05, 0) is 18.9 Å². The number of hydrogen-bond acceptors (Lipinski definition) is 4. The first kappa shape index (κ1) is 12.9. The number of hydrogen-bond donors (Lipinski definition) is 2. The lowest BCUT2D eigenvalue weighted by Crippen LogP contribution is -2.56. The third kappa shape index (κ3) is 2.83. The molecule has 6 heteroatoms. The number of aromatic nitrogens is 1. The third-order valence-electron chi connectivity index (χ3n) is 3.19. The molecule has 2 rings (SSSR count). The summed E-state index contributed by atoms with van der Waals surface area (Å²) in [5.74, 6) is -0.884. The fraction of sp³-hybridized carbons (Fsp3) is 0.500. The van der Waals surface area contributed by atoms with Gasteiger partial charge in [0.2, 0.25) is 0 Å². The van der Waals surface area contributed by atoms with Crippen LogP contribution in [0, 0.1) is 5.82 Å². The number of nitrogens with zero attached hydrogens (tertiary/aromatic N) is 1. The van der Waals surface area contributed by atoms with Gasteiger partial charge < -0.3 is 15.8 Å². The number of amides is 1. The number of rotatable bonds is 3. The first-order valence-electron chi connectivity index (χ1n) is 5.86. The summed E-state index contributed by atoms with van der Waals surface area (Å²) in [5.41, 5.74) is 5.48. The van der Waals surface area contributed by atoms with E-state index < -0.39 is 11.4 Å². The normalized spacial score (nSPS) is 18.3. The Morgan fingerprint density at radius 1 is 1.50 bits per heavy atom. The summed E-state index contributed by atoms with van der Waals surface area (Å²) in [7, 11) is 0. The highest BCUT2D eigenvalue weighted by Crippen LogP contribution is 2.20. The number of pyridine rings is 1. The number of halogens is 1. The van der Waals surface area contributed by atoms with E-state index in [9.17, 15) is 9.18 Å². The van der Waals surface area contributed by atoms with Crippen molar-refractivity contribution in [2.45, 2.75) is 18.4 Å². The van der Waals surface area contributed by atoms with Gasteiger partial charge in [-0.25, -0.2) is 4.39 Å². The second-order valence-electron chi connectivity index (χ2n) is 4.44. The largest absolute Gasteiger partial charge is 0.381 e. The highest BCUT2D eigenvalue weighted by molar-refractivity contribution is 5.94. The summed E-state index contributed by atoms with van der Waals surface area (Å²) in [6.07, 6.45) is 3.72. The molecule has 0 unspecified atom stereocenters. The van der Waals surface area contributed by atoms with Crippen molar-refractivity contribution in [3.05, 3.63) is 29.8 Å². The number of ether oxygens (including phenoxy) is 1. The maximum Gasteiger partial charge on any atom is 0.253 e. The van der Waals surface area contributed by atoms with Crippen LogP contribution in [-0.2, 0) is 4.74 Å². The lowest BCUT2D eigenvalue weighted by molar-refractivity contribution is 0.0388. The van der Waals surface area contributed by atoms with Crippen LogP contribution in [0.3, 0.4) is 0 Å². The second kappa shape index (κ2) is 5.41. The van der Waals surface area contributed by atoms with Gasteiger partial charge in [0, 0.05) is 26.0 Å². The van der Waals surface area contributed by atoms with E-state index in [-0.39, 0.29) is 11.5 Å². The van der Waals surface area contributed by atoms with Crippen LogP contribution in [0.1, 0.15) is 23.2 Å². The Bertz CT molecular complexity index is 433. The van der Waals surface area contributed by atoms with Gasteiger partial charge >= 0.3 is 0 Å². The van der Waals surface area contributed by atoms with Gasteiger partial charge in [-0.2, -0.15) is 0 Å². The molecule has 98 valence electrons. The molecule has 0 spiro atoms. The molecule has 0 aromatic carbocycles. The van der Waals surface area contributed by atoms with Gasteiger partial charge in [0.25, 0.3) is 5.91 Å². The molecule has 1 amide bonds. The van der Waals surface area contributed by atoms with Crippen molar-refractivity contribution < 1.29 is 13.9 Å². The smallest absolute Gasteiger partial charge is 0.253 e. The average molecular weight is 253 g/mol. The first-order valence-corrected chi connectivity index (χ1v) is 5.86. The summed E-state index contributed by atoms with van der Waals surface area (Å²) in [6.45, 7) is 1.47. The molecule has 1 aromatic heterocycles. The van der Waals surface area contributed by atoms with Crippen LogP contribution in [0.2, 0.25) is 0 Å². The Morgan fingerprint density at radius 2 is 2.22 bits per heavy atom. The Morgan fingerprint density at radius 3 is 2.83 bits per heavy atom. The second-order valence-corrected chi connectivity index (χ2v) is 4.44. The van der Waals surface area contributed by atoms with Gasteiger partial charge in [-0.3, -0.25) is 9.78 Å². The fourth-order valence-electron chi connectivity index (χ4n) is 1.99. The Balaban J connectivity index is 2.10. The summed E-state index contributed by atoms with van der Waals surface area (Å²) >= 11 is 0. The Labute approximate surface area is 105 Å². The van der Waals surface area contributed by atoms with E-state index in [4.69, 9.17) is 10.5 Å². The number of carbonyl (C=O) groups excluding carboxylic acids is 1. The van der Waals surface area contributed by atoms with Crippen LogP contribution in [0.15, 0.2) is 18.5 Å². The minimum Gasteiger partial charge on any atom is -0.381 e. The molecule has 1 aliphatic heterocycles. The van der Waals surface area contributed by atoms with Gasteiger partial charge in [0.1, 0.15) is 5.82 Å². The molecule has 2 heterocycles.